The normalized spacial score (nSPS) is 13.3. The topological polar surface area (TPSA) is 84.2 Å². The first kappa shape index (κ1) is 13.9. The second-order valence-electron chi connectivity index (χ2n) is 4.47. The van der Waals surface area contributed by atoms with Crippen LogP contribution in [0.1, 0.15) is 27.2 Å². The Balaban J connectivity index is 4.20. The van der Waals surface area contributed by atoms with Crippen LogP contribution in [0, 0.1) is 5.92 Å². The largest absolute Gasteiger partial charge is 0.370 e. The van der Waals surface area contributed by atoms with Gasteiger partial charge in [0.25, 0.3) is 0 Å². The van der Waals surface area contributed by atoms with E-state index >= 15 is 0 Å². The molecule has 4 N–H and O–H groups in total. The number of hydrogen-bond acceptors (Lipinski definition) is 3. The van der Waals surface area contributed by atoms with Gasteiger partial charge in [0.1, 0.15) is 0 Å². The van der Waals surface area contributed by atoms with Gasteiger partial charge in [-0.3, -0.25) is 9.59 Å². The van der Waals surface area contributed by atoms with Gasteiger partial charge in [-0.2, -0.15) is 0 Å². The van der Waals surface area contributed by atoms with Crippen LogP contribution in [0.5, 0.6) is 0 Å². The third-order valence-corrected chi connectivity index (χ3v) is 2.04. The summed E-state index contributed by atoms with van der Waals surface area (Å²) < 4.78 is 0. The summed E-state index contributed by atoms with van der Waals surface area (Å²) in [5.41, 5.74) is 4.51. The van der Waals surface area contributed by atoms with Crippen molar-refractivity contribution in [2.24, 2.45) is 11.7 Å². The third kappa shape index (κ3) is 6.06. The lowest BCUT2D eigenvalue weighted by atomic mass is 9.99. The average molecular weight is 215 g/mol. The molecule has 1 atom stereocenters. The first-order valence-electron chi connectivity index (χ1n) is 5.03. The molecule has 0 saturated heterocycles. The number of amides is 2. The molecule has 88 valence electrons. The fourth-order valence-electron chi connectivity index (χ4n) is 1.34. The van der Waals surface area contributed by atoms with Gasteiger partial charge in [-0.15, -0.1) is 0 Å². The summed E-state index contributed by atoms with van der Waals surface area (Å²) in [7, 11) is 1.79. The summed E-state index contributed by atoms with van der Waals surface area (Å²) in [6.07, 6.45) is 0.144. The summed E-state index contributed by atoms with van der Waals surface area (Å²) in [5.74, 6) is -0.612. The Bertz CT molecular complexity index is 239. The monoisotopic (exact) mass is 215 g/mol. The van der Waals surface area contributed by atoms with Gasteiger partial charge in [0.2, 0.25) is 11.8 Å². The molecule has 2 amide bonds. The van der Waals surface area contributed by atoms with Gasteiger partial charge in [0.15, 0.2) is 0 Å². The van der Waals surface area contributed by atoms with Gasteiger partial charge < -0.3 is 16.4 Å². The van der Waals surface area contributed by atoms with E-state index in [1.165, 1.54) is 0 Å². The van der Waals surface area contributed by atoms with Gasteiger partial charge in [-0.05, 0) is 20.9 Å². The molecule has 0 spiro atoms. The Morgan fingerprint density at radius 2 is 1.93 bits per heavy atom. The lowest BCUT2D eigenvalue weighted by Crippen LogP contribution is -2.49. The maximum Gasteiger partial charge on any atom is 0.224 e. The number of primary amides is 1. The molecule has 0 aromatic rings. The lowest BCUT2D eigenvalue weighted by molar-refractivity contribution is -0.126. The predicted octanol–water partition coefficient (Wildman–Crippen LogP) is -0.388. The molecular formula is C10H21N3O2. The minimum atomic E-state index is -0.578. The molecule has 0 radical (unpaired) electrons. The van der Waals surface area contributed by atoms with E-state index in [-0.39, 0.29) is 18.2 Å². The van der Waals surface area contributed by atoms with E-state index in [0.717, 1.165) is 0 Å². The van der Waals surface area contributed by atoms with Crippen LogP contribution in [0.3, 0.4) is 0 Å². The molecule has 0 fully saturated rings. The molecule has 5 nitrogen and oxygen atoms in total. The van der Waals surface area contributed by atoms with Crippen molar-refractivity contribution in [3.05, 3.63) is 0 Å². The predicted molar refractivity (Wildman–Crippen MR) is 59.1 cm³/mol. The second kappa shape index (κ2) is 5.70. The fraction of sp³-hybridized carbons (Fsp3) is 0.800. The summed E-state index contributed by atoms with van der Waals surface area (Å²) in [4.78, 5) is 22.4. The van der Waals surface area contributed by atoms with E-state index in [1.807, 2.05) is 6.92 Å². The van der Waals surface area contributed by atoms with Crippen LogP contribution in [-0.2, 0) is 9.59 Å². The first-order chi connectivity index (χ1) is 6.78. The molecule has 0 aromatic carbocycles. The molecule has 0 aliphatic carbocycles. The highest BCUT2D eigenvalue weighted by molar-refractivity contribution is 5.81. The zero-order valence-corrected chi connectivity index (χ0v) is 9.89. The maximum absolute atomic E-state index is 11.6. The van der Waals surface area contributed by atoms with Crippen LogP contribution in [-0.4, -0.2) is 30.9 Å². The molecule has 0 aromatic heterocycles. The van der Waals surface area contributed by atoms with E-state index < -0.39 is 11.4 Å². The standard InChI is InChI=1S/C10H21N3O2/c1-7(6-12-4)9(15)13-10(2,3)5-8(11)14/h7,12H,5-6H2,1-4H3,(H2,11,14)(H,13,15). The van der Waals surface area contributed by atoms with Crippen LogP contribution >= 0.6 is 0 Å². The Morgan fingerprint density at radius 1 is 1.40 bits per heavy atom. The molecule has 1 unspecified atom stereocenters. The number of rotatable bonds is 6. The number of hydrogen-bond donors (Lipinski definition) is 3. The number of carbonyl (C=O) groups excluding carboxylic acids is 2. The highest BCUT2D eigenvalue weighted by Crippen LogP contribution is 2.08. The Kier molecular flexibility index (Phi) is 5.28. The van der Waals surface area contributed by atoms with Crippen molar-refractivity contribution in [3.8, 4) is 0 Å². The van der Waals surface area contributed by atoms with Gasteiger partial charge in [-0.1, -0.05) is 6.92 Å². The second-order valence-corrected chi connectivity index (χ2v) is 4.47. The number of nitrogens with one attached hydrogen (secondary N) is 2. The van der Waals surface area contributed by atoms with E-state index in [0.29, 0.717) is 6.54 Å². The Labute approximate surface area is 90.8 Å². The van der Waals surface area contributed by atoms with Crippen LogP contribution in [0.4, 0.5) is 0 Å². The minimum Gasteiger partial charge on any atom is -0.370 e. The van der Waals surface area contributed by atoms with Gasteiger partial charge in [-0.25, -0.2) is 0 Å². The highest BCUT2D eigenvalue weighted by Gasteiger charge is 2.24. The van der Waals surface area contributed by atoms with E-state index in [2.05, 4.69) is 10.6 Å². The molecule has 0 aliphatic rings. The minimum absolute atomic E-state index is 0.0735. The molecular weight excluding hydrogens is 194 g/mol. The van der Waals surface area contributed by atoms with Crippen molar-refractivity contribution < 1.29 is 9.59 Å². The Hall–Kier alpha value is -1.10. The van der Waals surface area contributed by atoms with Gasteiger partial charge in [0.05, 0.1) is 0 Å². The van der Waals surface area contributed by atoms with Crippen LogP contribution in [0.15, 0.2) is 0 Å². The molecule has 0 aliphatic heterocycles. The zero-order chi connectivity index (χ0) is 12.1. The molecule has 0 saturated carbocycles. The number of nitrogens with two attached hydrogens (primary N) is 1. The molecule has 0 bridgehead atoms. The Morgan fingerprint density at radius 3 is 2.33 bits per heavy atom. The summed E-state index contributed by atoms with van der Waals surface area (Å²) in [5, 5.41) is 5.71. The van der Waals surface area contributed by atoms with E-state index in [4.69, 9.17) is 5.73 Å². The SMILES string of the molecule is CNCC(C)C(=O)NC(C)(C)CC(N)=O. The van der Waals surface area contributed by atoms with Crippen LogP contribution in [0.2, 0.25) is 0 Å². The van der Waals surface area contributed by atoms with E-state index in [1.54, 1.807) is 20.9 Å². The lowest BCUT2D eigenvalue weighted by Gasteiger charge is -2.26. The van der Waals surface area contributed by atoms with Crippen LogP contribution < -0.4 is 16.4 Å². The summed E-state index contributed by atoms with van der Waals surface area (Å²) in [6.45, 7) is 5.99. The molecule has 15 heavy (non-hydrogen) atoms. The van der Waals surface area contributed by atoms with Crippen LogP contribution in [0.25, 0.3) is 0 Å². The van der Waals surface area contributed by atoms with Crippen molar-refractivity contribution in [1.29, 1.82) is 0 Å². The third-order valence-electron chi connectivity index (χ3n) is 2.04. The molecule has 5 heteroatoms. The van der Waals surface area contributed by atoms with Crippen molar-refractivity contribution in [2.75, 3.05) is 13.6 Å². The van der Waals surface area contributed by atoms with Crippen molar-refractivity contribution in [3.63, 3.8) is 0 Å². The van der Waals surface area contributed by atoms with Gasteiger partial charge in [0, 0.05) is 24.4 Å². The van der Waals surface area contributed by atoms with Crippen molar-refractivity contribution >= 4 is 11.8 Å². The smallest absolute Gasteiger partial charge is 0.224 e. The zero-order valence-electron chi connectivity index (χ0n) is 9.89. The number of carbonyl (C=O) groups is 2. The fourth-order valence-corrected chi connectivity index (χ4v) is 1.34. The average Bonchev–Trinajstić information content (AvgIpc) is 2.00. The quantitative estimate of drug-likeness (QED) is 0.564. The highest BCUT2D eigenvalue weighted by atomic mass is 16.2. The van der Waals surface area contributed by atoms with Crippen molar-refractivity contribution in [2.45, 2.75) is 32.7 Å². The summed E-state index contributed by atoms with van der Waals surface area (Å²) in [6, 6.07) is 0. The molecule has 0 heterocycles. The van der Waals surface area contributed by atoms with Crippen molar-refractivity contribution in [1.82, 2.24) is 10.6 Å². The summed E-state index contributed by atoms with van der Waals surface area (Å²) >= 11 is 0. The first-order valence-corrected chi connectivity index (χ1v) is 5.03. The van der Waals surface area contributed by atoms with E-state index in [9.17, 15) is 9.59 Å². The van der Waals surface area contributed by atoms with Gasteiger partial charge >= 0.3 is 0 Å². The maximum atomic E-state index is 11.6. The molecule has 0 rings (SSSR count).